The fourth-order valence-corrected chi connectivity index (χ4v) is 2.42. The highest BCUT2D eigenvalue weighted by Gasteiger charge is 2.22. The summed E-state index contributed by atoms with van der Waals surface area (Å²) in [5.74, 6) is -0.0425. The molecule has 6 nitrogen and oxygen atoms in total. The average Bonchev–Trinajstić information content (AvgIpc) is 2.49. The van der Waals surface area contributed by atoms with Gasteiger partial charge in [0.2, 0.25) is 5.91 Å². The zero-order chi connectivity index (χ0) is 15.2. The van der Waals surface area contributed by atoms with E-state index in [4.69, 9.17) is 5.73 Å². The van der Waals surface area contributed by atoms with E-state index in [0.717, 1.165) is 25.9 Å². The molecule has 2 rings (SSSR count). The molecule has 4 N–H and O–H groups in total. The fourth-order valence-electron chi connectivity index (χ4n) is 2.42. The van der Waals surface area contributed by atoms with Crippen LogP contribution < -0.4 is 16.4 Å². The van der Waals surface area contributed by atoms with Crippen LogP contribution in [0.1, 0.15) is 23.2 Å². The topological polar surface area (TPSA) is 87.5 Å². The van der Waals surface area contributed by atoms with Crippen LogP contribution in [0.25, 0.3) is 0 Å². The molecule has 0 saturated carbocycles. The summed E-state index contributed by atoms with van der Waals surface area (Å²) in [5, 5.41) is 5.66. The summed E-state index contributed by atoms with van der Waals surface area (Å²) in [6.45, 7) is 2.06. The van der Waals surface area contributed by atoms with Gasteiger partial charge < -0.3 is 16.4 Å². The molecule has 0 spiro atoms. The Bertz CT molecular complexity index is 503. The third-order valence-corrected chi connectivity index (χ3v) is 3.74. The van der Waals surface area contributed by atoms with E-state index in [9.17, 15) is 9.59 Å². The Morgan fingerprint density at radius 1 is 1.17 bits per heavy atom. The number of halogens is 2. The van der Waals surface area contributed by atoms with Crippen LogP contribution in [0.3, 0.4) is 0 Å². The largest absolute Gasteiger partial charge is 0.399 e. The Morgan fingerprint density at radius 3 is 2.26 bits per heavy atom. The Kier molecular flexibility index (Phi) is 9.64. The predicted molar refractivity (Wildman–Crippen MR) is 96.3 cm³/mol. The van der Waals surface area contributed by atoms with Gasteiger partial charge in [0.05, 0.1) is 6.54 Å². The third kappa shape index (κ3) is 6.64. The zero-order valence-electron chi connectivity index (χ0n) is 13.1. The molecular weight excluding hydrogens is 339 g/mol. The van der Waals surface area contributed by atoms with Crippen LogP contribution in [0.15, 0.2) is 24.3 Å². The minimum atomic E-state index is -0.0697. The minimum Gasteiger partial charge on any atom is -0.399 e. The number of amides is 2. The SMILES string of the molecule is CNC(=O)CN1CCC(NC(=O)c2ccc(N)cc2)CC1.Cl.Cl. The maximum Gasteiger partial charge on any atom is 0.251 e. The number of nitrogens with zero attached hydrogens (tertiary/aromatic N) is 1. The highest BCUT2D eigenvalue weighted by Crippen LogP contribution is 2.12. The van der Waals surface area contributed by atoms with Crippen molar-refractivity contribution in [2.45, 2.75) is 18.9 Å². The monoisotopic (exact) mass is 362 g/mol. The standard InChI is InChI=1S/C15H22N4O2.2ClH/c1-17-14(20)10-19-8-6-13(7-9-19)18-15(21)11-2-4-12(16)5-3-11;;/h2-5,13H,6-10,16H2,1H3,(H,17,20)(H,18,21);2*1H. The molecule has 0 aromatic heterocycles. The molecule has 1 heterocycles. The quantitative estimate of drug-likeness (QED) is 0.698. The molecule has 0 aliphatic carbocycles. The second-order valence-corrected chi connectivity index (χ2v) is 5.32. The van der Waals surface area contributed by atoms with Crippen molar-refractivity contribution in [3.05, 3.63) is 29.8 Å². The minimum absolute atomic E-state index is 0. The summed E-state index contributed by atoms with van der Waals surface area (Å²) in [7, 11) is 1.64. The number of nitrogens with one attached hydrogen (secondary N) is 2. The second-order valence-electron chi connectivity index (χ2n) is 5.32. The van der Waals surface area contributed by atoms with E-state index < -0.39 is 0 Å². The highest BCUT2D eigenvalue weighted by molar-refractivity contribution is 5.94. The van der Waals surface area contributed by atoms with Gasteiger partial charge >= 0.3 is 0 Å². The van der Waals surface area contributed by atoms with E-state index in [2.05, 4.69) is 15.5 Å². The number of nitrogens with two attached hydrogens (primary N) is 1. The number of carbonyl (C=O) groups is 2. The van der Waals surface area contributed by atoms with Crippen molar-refractivity contribution in [1.82, 2.24) is 15.5 Å². The number of piperidine rings is 1. The number of rotatable bonds is 4. The number of likely N-dealkylation sites (N-methyl/N-ethyl adjacent to an activating group) is 1. The second kappa shape index (κ2) is 10.3. The zero-order valence-corrected chi connectivity index (χ0v) is 14.7. The van der Waals surface area contributed by atoms with Gasteiger partial charge in [0, 0.05) is 37.4 Å². The molecule has 8 heteroatoms. The Labute approximate surface area is 149 Å². The summed E-state index contributed by atoms with van der Waals surface area (Å²) in [6, 6.07) is 7.06. The van der Waals surface area contributed by atoms with Gasteiger partial charge in [-0.3, -0.25) is 14.5 Å². The maximum absolute atomic E-state index is 12.1. The van der Waals surface area contributed by atoms with Crippen LogP contribution >= 0.6 is 24.8 Å². The number of hydrogen-bond acceptors (Lipinski definition) is 4. The van der Waals surface area contributed by atoms with Gasteiger partial charge in [-0.25, -0.2) is 0 Å². The number of nitrogen functional groups attached to an aromatic ring is 1. The summed E-state index contributed by atoms with van der Waals surface area (Å²) in [4.78, 5) is 25.5. The van der Waals surface area contributed by atoms with Crippen LogP contribution in [-0.2, 0) is 4.79 Å². The molecule has 1 aromatic rings. The lowest BCUT2D eigenvalue weighted by atomic mass is 10.0. The van der Waals surface area contributed by atoms with Crippen LogP contribution in [-0.4, -0.2) is 49.4 Å². The molecule has 130 valence electrons. The molecule has 1 fully saturated rings. The normalized spacial score (nSPS) is 15.0. The van der Waals surface area contributed by atoms with Crippen molar-refractivity contribution >= 4 is 42.3 Å². The lowest BCUT2D eigenvalue weighted by molar-refractivity contribution is -0.122. The molecule has 1 aliphatic rings. The lowest BCUT2D eigenvalue weighted by Crippen LogP contribution is -2.47. The first kappa shape index (κ1) is 21.5. The molecule has 0 radical (unpaired) electrons. The van der Waals surface area contributed by atoms with E-state index in [0.29, 0.717) is 17.8 Å². The summed E-state index contributed by atoms with van der Waals surface area (Å²) in [6.07, 6.45) is 1.72. The van der Waals surface area contributed by atoms with Crippen molar-refractivity contribution < 1.29 is 9.59 Å². The van der Waals surface area contributed by atoms with Crippen molar-refractivity contribution in [2.24, 2.45) is 0 Å². The Morgan fingerprint density at radius 2 is 1.74 bits per heavy atom. The maximum atomic E-state index is 12.1. The van der Waals surface area contributed by atoms with E-state index in [1.54, 1.807) is 31.3 Å². The van der Waals surface area contributed by atoms with E-state index in [1.807, 2.05) is 0 Å². The molecule has 0 unspecified atom stereocenters. The number of anilines is 1. The highest BCUT2D eigenvalue weighted by atomic mass is 35.5. The molecule has 1 aromatic carbocycles. The van der Waals surface area contributed by atoms with Crippen LogP contribution in [0.2, 0.25) is 0 Å². The molecular formula is C15H24Cl2N4O2. The smallest absolute Gasteiger partial charge is 0.251 e. The van der Waals surface area contributed by atoms with Crippen LogP contribution in [0.5, 0.6) is 0 Å². The molecule has 2 amide bonds. The molecule has 23 heavy (non-hydrogen) atoms. The number of likely N-dealkylation sites (tertiary alicyclic amines) is 1. The van der Waals surface area contributed by atoms with E-state index >= 15 is 0 Å². The third-order valence-electron chi connectivity index (χ3n) is 3.74. The van der Waals surface area contributed by atoms with Gasteiger partial charge in [0.15, 0.2) is 0 Å². The van der Waals surface area contributed by atoms with Gasteiger partial charge in [0.25, 0.3) is 5.91 Å². The van der Waals surface area contributed by atoms with E-state index in [-0.39, 0.29) is 42.7 Å². The van der Waals surface area contributed by atoms with Crippen molar-refractivity contribution in [3.63, 3.8) is 0 Å². The summed E-state index contributed by atoms with van der Waals surface area (Å²) in [5.41, 5.74) is 6.88. The van der Waals surface area contributed by atoms with Gasteiger partial charge in [-0.2, -0.15) is 0 Å². The van der Waals surface area contributed by atoms with Gasteiger partial charge in [-0.15, -0.1) is 24.8 Å². The fraction of sp³-hybridized carbons (Fsp3) is 0.467. The number of benzene rings is 1. The predicted octanol–water partition coefficient (Wildman–Crippen LogP) is 1.05. The first-order valence-electron chi connectivity index (χ1n) is 7.18. The van der Waals surface area contributed by atoms with Gasteiger partial charge in [-0.05, 0) is 37.1 Å². The van der Waals surface area contributed by atoms with Crippen molar-refractivity contribution in [2.75, 3.05) is 32.4 Å². The van der Waals surface area contributed by atoms with Crippen LogP contribution in [0, 0.1) is 0 Å². The Balaban J connectivity index is 0.00000242. The lowest BCUT2D eigenvalue weighted by Gasteiger charge is -2.31. The van der Waals surface area contributed by atoms with Crippen molar-refractivity contribution in [1.29, 1.82) is 0 Å². The van der Waals surface area contributed by atoms with Gasteiger partial charge in [-0.1, -0.05) is 0 Å². The number of carbonyl (C=O) groups excluding carboxylic acids is 2. The Hall–Kier alpha value is -1.50. The molecule has 1 saturated heterocycles. The summed E-state index contributed by atoms with van der Waals surface area (Å²) >= 11 is 0. The molecule has 0 atom stereocenters. The number of hydrogen-bond donors (Lipinski definition) is 3. The average molecular weight is 363 g/mol. The molecule has 1 aliphatic heterocycles. The first-order chi connectivity index (χ1) is 10.1. The van der Waals surface area contributed by atoms with Gasteiger partial charge in [0.1, 0.15) is 0 Å². The first-order valence-corrected chi connectivity index (χ1v) is 7.18. The molecule has 0 bridgehead atoms. The van der Waals surface area contributed by atoms with E-state index in [1.165, 1.54) is 0 Å². The van der Waals surface area contributed by atoms with Crippen molar-refractivity contribution in [3.8, 4) is 0 Å². The summed E-state index contributed by atoms with van der Waals surface area (Å²) < 4.78 is 0. The van der Waals surface area contributed by atoms with Crippen LogP contribution in [0.4, 0.5) is 5.69 Å².